The molecule has 0 saturated heterocycles. The lowest BCUT2D eigenvalue weighted by Gasteiger charge is -2.29. The van der Waals surface area contributed by atoms with Crippen molar-refractivity contribution in [1.29, 1.82) is 0 Å². The van der Waals surface area contributed by atoms with Crippen LogP contribution in [-0.2, 0) is 10.8 Å². The molecule has 1 atom stereocenters. The second-order valence-electron chi connectivity index (χ2n) is 6.68. The Morgan fingerprint density at radius 2 is 1.90 bits per heavy atom. The first kappa shape index (κ1) is 15.2. The van der Waals surface area contributed by atoms with Gasteiger partial charge in [-0.15, -0.1) is 0 Å². The van der Waals surface area contributed by atoms with Gasteiger partial charge in [0.2, 0.25) is 8.32 Å². The third-order valence-electron chi connectivity index (χ3n) is 3.83. The van der Waals surface area contributed by atoms with Crippen LogP contribution in [0.2, 0.25) is 19.6 Å². The summed E-state index contributed by atoms with van der Waals surface area (Å²) in [5.74, 6) is 1.40. The van der Waals surface area contributed by atoms with Crippen molar-refractivity contribution < 1.29 is 9.16 Å². The molecule has 0 N–H and O–H groups in total. The van der Waals surface area contributed by atoms with Crippen LogP contribution in [0.4, 0.5) is 0 Å². The van der Waals surface area contributed by atoms with Crippen LogP contribution in [0.3, 0.4) is 0 Å². The molecular formula is C17H26O2Si. The van der Waals surface area contributed by atoms with E-state index in [0.29, 0.717) is 5.92 Å². The monoisotopic (exact) mass is 290 g/mol. The minimum Gasteiger partial charge on any atom is -0.550 e. The van der Waals surface area contributed by atoms with E-state index in [1.165, 1.54) is 22.3 Å². The van der Waals surface area contributed by atoms with Crippen molar-refractivity contribution in [2.45, 2.75) is 52.2 Å². The highest BCUT2D eigenvalue weighted by Gasteiger charge is 2.26. The predicted octanol–water partition coefficient (Wildman–Crippen LogP) is 4.79. The average Bonchev–Trinajstić information content (AvgIpc) is 2.35. The SMILES string of the molecule is COc1cc(C)cc2c1C(C)/C(=C/O[Si](C)(C)C)CC2. The Morgan fingerprint density at radius 3 is 2.50 bits per heavy atom. The topological polar surface area (TPSA) is 18.5 Å². The van der Waals surface area contributed by atoms with Crippen molar-refractivity contribution in [3.05, 3.63) is 40.7 Å². The van der Waals surface area contributed by atoms with Gasteiger partial charge in [0, 0.05) is 11.5 Å². The minimum absolute atomic E-state index is 0.380. The van der Waals surface area contributed by atoms with E-state index in [0.717, 1.165) is 18.6 Å². The molecule has 0 bridgehead atoms. The van der Waals surface area contributed by atoms with Crippen LogP contribution in [0, 0.1) is 6.92 Å². The maximum absolute atomic E-state index is 5.99. The lowest BCUT2D eigenvalue weighted by atomic mass is 9.79. The number of benzene rings is 1. The normalized spacial score (nSPS) is 20.7. The molecule has 1 aromatic rings. The fourth-order valence-corrected chi connectivity index (χ4v) is 3.30. The van der Waals surface area contributed by atoms with E-state index in [2.05, 4.69) is 45.6 Å². The van der Waals surface area contributed by atoms with Gasteiger partial charge in [0.25, 0.3) is 0 Å². The Morgan fingerprint density at radius 1 is 1.20 bits per heavy atom. The summed E-state index contributed by atoms with van der Waals surface area (Å²) in [4.78, 5) is 0. The zero-order chi connectivity index (χ0) is 14.9. The molecule has 0 aromatic heterocycles. The quantitative estimate of drug-likeness (QED) is 0.588. The van der Waals surface area contributed by atoms with Gasteiger partial charge in [-0.3, -0.25) is 0 Å². The predicted molar refractivity (Wildman–Crippen MR) is 87.0 cm³/mol. The van der Waals surface area contributed by atoms with Crippen LogP contribution in [0.1, 0.15) is 36.0 Å². The number of allylic oxidation sites excluding steroid dienone is 1. The first-order valence-electron chi connectivity index (χ1n) is 7.36. The highest BCUT2D eigenvalue weighted by atomic mass is 28.4. The van der Waals surface area contributed by atoms with Crippen LogP contribution in [0.5, 0.6) is 5.75 Å². The van der Waals surface area contributed by atoms with Gasteiger partial charge < -0.3 is 9.16 Å². The fraction of sp³-hybridized carbons (Fsp3) is 0.529. The molecule has 110 valence electrons. The minimum atomic E-state index is -1.50. The van der Waals surface area contributed by atoms with E-state index in [4.69, 9.17) is 9.16 Å². The Hall–Kier alpha value is -1.22. The highest BCUT2D eigenvalue weighted by molar-refractivity contribution is 6.69. The number of fused-ring (bicyclic) bond motifs is 1. The van der Waals surface area contributed by atoms with Crippen molar-refractivity contribution in [1.82, 2.24) is 0 Å². The number of hydrogen-bond acceptors (Lipinski definition) is 2. The molecule has 1 aliphatic carbocycles. The summed E-state index contributed by atoms with van der Waals surface area (Å²) in [6.07, 6.45) is 4.20. The van der Waals surface area contributed by atoms with Gasteiger partial charge in [-0.2, -0.15) is 0 Å². The van der Waals surface area contributed by atoms with Gasteiger partial charge in [-0.05, 0) is 62.2 Å². The van der Waals surface area contributed by atoms with Crippen molar-refractivity contribution in [3.8, 4) is 5.75 Å². The third-order valence-corrected chi connectivity index (χ3v) is 4.65. The number of methoxy groups -OCH3 is 1. The second-order valence-corrected chi connectivity index (χ2v) is 11.1. The highest BCUT2D eigenvalue weighted by Crippen LogP contribution is 2.41. The Kier molecular flexibility index (Phi) is 4.28. The molecule has 2 rings (SSSR count). The number of ether oxygens (including phenoxy) is 1. The number of aryl methyl sites for hydroxylation is 2. The van der Waals surface area contributed by atoms with Crippen LogP contribution in [0.15, 0.2) is 24.0 Å². The molecule has 0 spiro atoms. The van der Waals surface area contributed by atoms with Crippen molar-refractivity contribution >= 4 is 8.32 Å². The molecule has 1 aliphatic rings. The molecule has 3 heteroatoms. The summed E-state index contributed by atoms with van der Waals surface area (Å²) in [5, 5.41) is 0. The molecule has 0 saturated carbocycles. The Labute approximate surface area is 123 Å². The molecule has 1 unspecified atom stereocenters. The van der Waals surface area contributed by atoms with E-state index in [9.17, 15) is 0 Å². The molecule has 0 aliphatic heterocycles. The van der Waals surface area contributed by atoms with Crippen LogP contribution in [0.25, 0.3) is 0 Å². The molecule has 0 amide bonds. The van der Waals surface area contributed by atoms with Crippen molar-refractivity contribution in [3.63, 3.8) is 0 Å². The molecule has 0 fully saturated rings. The summed E-state index contributed by atoms with van der Waals surface area (Å²) in [6.45, 7) is 11.0. The van der Waals surface area contributed by atoms with Crippen LogP contribution >= 0.6 is 0 Å². The van der Waals surface area contributed by atoms with E-state index < -0.39 is 8.32 Å². The van der Waals surface area contributed by atoms with Crippen molar-refractivity contribution in [2.24, 2.45) is 0 Å². The average molecular weight is 290 g/mol. The zero-order valence-corrected chi connectivity index (χ0v) is 14.5. The largest absolute Gasteiger partial charge is 0.550 e. The first-order valence-corrected chi connectivity index (χ1v) is 10.8. The van der Waals surface area contributed by atoms with Crippen molar-refractivity contribution in [2.75, 3.05) is 7.11 Å². The summed E-state index contributed by atoms with van der Waals surface area (Å²) in [6, 6.07) is 4.43. The Balaban J connectivity index is 2.35. The van der Waals surface area contributed by atoms with E-state index in [1.54, 1.807) is 7.11 Å². The fourth-order valence-electron chi connectivity index (χ4n) is 2.80. The molecule has 1 aromatic carbocycles. The van der Waals surface area contributed by atoms with E-state index in [-0.39, 0.29) is 0 Å². The maximum atomic E-state index is 5.99. The van der Waals surface area contributed by atoms with Gasteiger partial charge in [0.15, 0.2) is 0 Å². The number of hydrogen-bond donors (Lipinski definition) is 0. The van der Waals surface area contributed by atoms with Gasteiger partial charge in [-0.1, -0.05) is 13.0 Å². The third kappa shape index (κ3) is 3.26. The standard InChI is InChI=1S/C17H26O2Si/c1-12-9-14-7-8-15(11-19-20(4,5)6)13(2)17(14)16(10-12)18-3/h9-11,13H,7-8H2,1-6H3/b15-11+. The maximum Gasteiger partial charge on any atom is 0.241 e. The van der Waals surface area contributed by atoms with Crippen LogP contribution < -0.4 is 4.74 Å². The smallest absolute Gasteiger partial charge is 0.241 e. The molecular weight excluding hydrogens is 264 g/mol. The molecule has 0 radical (unpaired) electrons. The molecule has 20 heavy (non-hydrogen) atoms. The summed E-state index contributed by atoms with van der Waals surface area (Å²) in [5.41, 5.74) is 5.44. The molecule has 0 heterocycles. The summed E-state index contributed by atoms with van der Waals surface area (Å²) < 4.78 is 11.6. The van der Waals surface area contributed by atoms with E-state index in [1.807, 2.05) is 6.26 Å². The van der Waals surface area contributed by atoms with Gasteiger partial charge >= 0.3 is 0 Å². The summed E-state index contributed by atoms with van der Waals surface area (Å²) in [7, 11) is 0.261. The summed E-state index contributed by atoms with van der Waals surface area (Å²) >= 11 is 0. The van der Waals surface area contributed by atoms with Gasteiger partial charge in [-0.25, -0.2) is 0 Å². The van der Waals surface area contributed by atoms with Crippen LogP contribution in [-0.4, -0.2) is 15.4 Å². The van der Waals surface area contributed by atoms with E-state index >= 15 is 0 Å². The van der Waals surface area contributed by atoms with Gasteiger partial charge in [0.05, 0.1) is 13.4 Å². The number of rotatable bonds is 3. The lowest BCUT2D eigenvalue weighted by molar-refractivity contribution is 0.403. The Bertz CT molecular complexity index is 509. The molecule has 2 nitrogen and oxygen atoms in total. The second kappa shape index (κ2) is 5.64. The van der Waals surface area contributed by atoms with Gasteiger partial charge in [0.1, 0.15) is 5.75 Å². The zero-order valence-electron chi connectivity index (χ0n) is 13.5. The lowest BCUT2D eigenvalue weighted by Crippen LogP contribution is -2.23. The first-order chi connectivity index (χ1) is 9.31.